The fourth-order valence-electron chi connectivity index (χ4n) is 2.94. The summed E-state index contributed by atoms with van der Waals surface area (Å²) in [5.74, 6) is -4.24. The number of phenols is 2. The Morgan fingerprint density at radius 1 is 0.706 bits per heavy atom. The van der Waals surface area contributed by atoms with Crippen LogP contribution in [0.4, 0.5) is 0 Å². The highest BCUT2D eigenvalue weighted by molar-refractivity contribution is 7.86. The second-order valence-corrected chi connectivity index (χ2v) is 9.69. The molecule has 14 nitrogen and oxygen atoms in total. The second-order valence-electron chi connectivity index (χ2n) is 6.84. The average molecular weight is 520 g/mol. The Hall–Kier alpha value is -3.28. The first kappa shape index (κ1) is 27.0. The number of rotatable bonds is 11. The first-order valence-corrected chi connectivity index (χ1v) is 12.0. The molecule has 2 rings (SSSR count). The molecule has 186 valence electrons. The van der Waals surface area contributed by atoms with Gasteiger partial charge in [0, 0.05) is 24.2 Å². The third-order valence-corrected chi connectivity index (χ3v) is 6.23. The minimum atomic E-state index is -4.69. The Balaban J connectivity index is 2.20. The quantitative estimate of drug-likeness (QED) is 0.140. The molecule has 0 saturated carbocycles. The third kappa shape index (κ3) is 6.62. The Morgan fingerprint density at radius 2 is 1.03 bits per heavy atom. The van der Waals surface area contributed by atoms with Crippen LogP contribution in [0.3, 0.4) is 0 Å². The molecule has 2 aromatic rings. The number of hydrogen-bond acceptors (Lipinski definition) is 10. The van der Waals surface area contributed by atoms with E-state index in [2.05, 4.69) is 10.6 Å². The van der Waals surface area contributed by atoms with E-state index < -0.39 is 76.7 Å². The molecule has 0 aliphatic carbocycles. The topological polar surface area (TPSA) is 248 Å². The summed E-state index contributed by atoms with van der Waals surface area (Å²) in [6.07, 6.45) is 0. The standard InChI is InChI=1S/C18H20N2O12S2/c21-13-3-1-9(33(27,28)29)7-11(13)15(17(23)24)19-5-6-20-16(18(25)26)12-8-10(34(30,31)32)2-4-14(12)22/h1-4,7-8,15-16,19-22H,5-6H2,(H,23,24)(H,25,26)(H,27,28,29)(H,30,31,32)/t15-,16-/m0/s1. The number of nitrogens with one attached hydrogen (secondary N) is 2. The molecule has 16 heteroatoms. The summed E-state index contributed by atoms with van der Waals surface area (Å²) in [5, 5.41) is 43.7. The van der Waals surface area contributed by atoms with Crippen LogP contribution in [0.15, 0.2) is 46.2 Å². The molecule has 2 atom stereocenters. The molecule has 0 radical (unpaired) electrons. The lowest BCUT2D eigenvalue weighted by Gasteiger charge is -2.19. The van der Waals surface area contributed by atoms with E-state index in [0.717, 1.165) is 36.4 Å². The fraction of sp³-hybridized carbons (Fsp3) is 0.222. The van der Waals surface area contributed by atoms with Gasteiger partial charge >= 0.3 is 11.9 Å². The van der Waals surface area contributed by atoms with Gasteiger partial charge in [0.25, 0.3) is 20.2 Å². The van der Waals surface area contributed by atoms with Crippen molar-refractivity contribution in [1.29, 1.82) is 0 Å². The number of benzene rings is 2. The van der Waals surface area contributed by atoms with E-state index in [-0.39, 0.29) is 13.1 Å². The SMILES string of the molecule is O=C(O)[C@@H](NCCN[C@H](C(=O)O)c1cc(S(=O)(=O)O)ccc1O)c1cc(S(=O)(=O)O)ccc1O. The molecule has 2 aromatic carbocycles. The van der Waals surface area contributed by atoms with Crippen LogP contribution in [0.25, 0.3) is 0 Å². The monoisotopic (exact) mass is 520 g/mol. The zero-order chi connectivity index (χ0) is 25.8. The van der Waals surface area contributed by atoms with Crippen molar-refractivity contribution in [2.45, 2.75) is 21.9 Å². The molecule has 0 fully saturated rings. The first-order chi connectivity index (χ1) is 15.6. The van der Waals surface area contributed by atoms with Gasteiger partial charge in [-0.2, -0.15) is 16.8 Å². The molecular weight excluding hydrogens is 500 g/mol. The van der Waals surface area contributed by atoms with Crippen molar-refractivity contribution in [3.05, 3.63) is 47.5 Å². The summed E-state index contributed by atoms with van der Waals surface area (Å²) in [5.41, 5.74) is -0.785. The largest absolute Gasteiger partial charge is 0.508 e. The normalized spacial score (nSPS) is 13.8. The molecular formula is C18H20N2O12S2. The summed E-state index contributed by atoms with van der Waals surface area (Å²) in [4.78, 5) is 21.9. The summed E-state index contributed by atoms with van der Waals surface area (Å²) in [7, 11) is -9.38. The van der Waals surface area contributed by atoms with Gasteiger partial charge in [-0.3, -0.25) is 29.3 Å². The number of carboxylic acids is 2. The number of carboxylic acid groups (broad SMARTS) is 2. The lowest BCUT2D eigenvalue weighted by atomic mass is 10.1. The summed E-state index contributed by atoms with van der Waals surface area (Å²) in [6.45, 7) is -0.538. The Morgan fingerprint density at radius 3 is 1.29 bits per heavy atom. The molecule has 0 amide bonds. The van der Waals surface area contributed by atoms with Crippen LogP contribution in [0.2, 0.25) is 0 Å². The van der Waals surface area contributed by atoms with E-state index in [4.69, 9.17) is 9.11 Å². The number of aliphatic carboxylic acids is 2. The zero-order valence-corrected chi connectivity index (χ0v) is 18.6. The van der Waals surface area contributed by atoms with Crippen molar-refractivity contribution in [3.8, 4) is 11.5 Å². The van der Waals surface area contributed by atoms with Crippen molar-refractivity contribution in [3.63, 3.8) is 0 Å². The Kier molecular flexibility index (Phi) is 8.19. The molecule has 0 aliphatic rings. The van der Waals surface area contributed by atoms with Gasteiger partial charge in [0.15, 0.2) is 0 Å². The predicted octanol–water partition coefficient (Wildman–Crippen LogP) is -0.278. The number of phenolic OH excluding ortho intramolecular Hbond substituents is 2. The van der Waals surface area contributed by atoms with Crippen LogP contribution in [0.1, 0.15) is 23.2 Å². The van der Waals surface area contributed by atoms with Crippen molar-refractivity contribution in [2.24, 2.45) is 0 Å². The van der Waals surface area contributed by atoms with Crippen LogP contribution in [-0.4, -0.2) is 71.4 Å². The van der Waals surface area contributed by atoms with Gasteiger partial charge in [-0.1, -0.05) is 0 Å². The first-order valence-electron chi connectivity index (χ1n) is 9.16. The van der Waals surface area contributed by atoms with E-state index in [1.807, 2.05) is 0 Å². The van der Waals surface area contributed by atoms with Crippen LogP contribution in [0.5, 0.6) is 11.5 Å². The maximum atomic E-state index is 11.6. The van der Waals surface area contributed by atoms with Crippen molar-refractivity contribution < 1.29 is 56.0 Å². The Labute approximate surface area is 193 Å². The minimum absolute atomic E-state index is 0.269. The molecule has 0 heterocycles. The molecule has 0 saturated heterocycles. The molecule has 0 aliphatic heterocycles. The van der Waals surface area contributed by atoms with Crippen LogP contribution in [-0.2, 0) is 29.8 Å². The van der Waals surface area contributed by atoms with Gasteiger partial charge in [0.05, 0.1) is 9.79 Å². The second kappa shape index (κ2) is 10.3. The lowest BCUT2D eigenvalue weighted by molar-refractivity contribution is -0.141. The number of carbonyl (C=O) groups is 2. The molecule has 0 aromatic heterocycles. The van der Waals surface area contributed by atoms with Gasteiger partial charge in [-0.25, -0.2) is 0 Å². The molecule has 34 heavy (non-hydrogen) atoms. The third-order valence-electron chi connectivity index (χ3n) is 4.53. The maximum absolute atomic E-state index is 11.6. The number of aromatic hydroxyl groups is 2. The predicted molar refractivity (Wildman–Crippen MR) is 113 cm³/mol. The number of hydrogen-bond donors (Lipinski definition) is 8. The lowest BCUT2D eigenvalue weighted by Crippen LogP contribution is -2.37. The van der Waals surface area contributed by atoms with Crippen molar-refractivity contribution in [1.82, 2.24) is 10.6 Å². The molecule has 0 unspecified atom stereocenters. The van der Waals surface area contributed by atoms with Crippen LogP contribution in [0, 0.1) is 0 Å². The van der Waals surface area contributed by atoms with E-state index in [0.29, 0.717) is 0 Å². The minimum Gasteiger partial charge on any atom is -0.508 e. The average Bonchev–Trinajstić information content (AvgIpc) is 2.70. The van der Waals surface area contributed by atoms with Gasteiger partial charge in [-0.15, -0.1) is 0 Å². The van der Waals surface area contributed by atoms with Gasteiger partial charge in [0.2, 0.25) is 0 Å². The van der Waals surface area contributed by atoms with Crippen LogP contribution >= 0.6 is 0 Å². The Bertz CT molecular complexity index is 1210. The smallest absolute Gasteiger partial charge is 0.325 e. The molecule has 0 spiro atoms. The highest BCUT2D eigenvalue weighted by atomic mass is 32.2. The van der Waals surface area contributed by atoms with E-state index in [1.54, 1.807) is 0 Å². The van der Waals surface area contributed by atoms with E-state index >= 15 is 0 Å². The van der Waals surface area contributed by atoms with E-state index in [9.17, 15) is 46.9 Å². The molecule has 8 N–H and O–H groups in total. The van der Waals surface area contributed by atoms with Crippen molar-refractivity contribution in [2.75, 3.05) is 13.1 Å². The van der Waals surface area contributed by atoms with Gasteiger partial charge in [0.1, 0.15) is 23.6 Å². The summed E-state index contributed by atoms with van der Waals surface area (Å²) < 4.78 is 63.5. The van der Waals surface area contributed by atoms with Gasteiger partial charge in [-0.05, 0) is 36.4 Å². The molecule has 0 bridgehead atoms. The maximum Gasteiger partial charge on any atom is 0.325 e. The highest BCUT2D eigenvalue weighted by Crippen LogP contribution is 2.29. The summed E-state index contributed by atoms with van der Waals surface area (Å²) >= 11 is 0. The van der Waals surface area contributed by atoms with E-state index in [1.165, 1.54) is 0 Å². The van der Waals surface area contributed by atoms with Gasteiger partial charge < -0.3 is 20.4 Å². The highest BCUT2D eigenvalue weighted by Gasteiger charge is 2.27. The fourth-order valence-corrected chi connectivity index (χ4v) is 3.97. The van der Waals surface area contributed by atoms with Crippen molar-refractivity contribution >= 4 is 32.2 Å². The zero-order valence-electron chi connectivity index (χ0n) is 17.0. The summed E-state index contributed by atoms with van der Waals surface area (Å²) in [6, 6.07) is 1.65. The van der Waals surface area contributed by atoms with Crippen LogP contribution < -0.4 is 10.6 Å².